The third-order valence-corrected chi connectivity index (χ3v) is 4.98. The third kappa shape index (κ3) is 7.03. The number of hydrogen-bond donors (Lipinski definition) is 1. The van der Waals surface area contributed by atoms with Crippen LogP contribution in [-0.2, 0) is 5.75 Å². The van der Waals surface area contributed by atoms with Crippen molar-refractivity contribution >= 4 is 35.1 Å². The van der Waals surface area contributed by atoms with Crippen LogP contribution in [0.3, 0.4) is 0 Å². The summed E-state index contributed by atoms with van der Waals surface area (Å²) in [6.45, 7) is 7.87. The van der Waals surface area contributed by atoms with Gasteiger partial charge in [0.15, 0.2) is 5.16 Å². The predicted octanol–water partition coefficient (Wildman–Crippen LogP) is 4.65. The highest BCUT2D eigenvalue weighted by atomic mass is 35.5. The summed E-state index contributed by atoms with van der Waals surface area (Å²) in [4.78, 5) is 23.0. The summed E-state index contributed by atoms with van der Waals surface area (Å²) in [6.07, 6.45) is 1.04. The minimum absolute atomic E-state index is 0.0373. The van der Waals surface area contributed by atoms with Crippen LogP contribution in [0.1, 0.15) is 43.1 Å². The zero-order valence-electron chi connectivity index (χ0n) is 16.3. The number of hydrogen-bond acceptors (Lipinski definition) is 5. The highest BCUT2D eigenvalue weighted by Crippen LogP contribution is 2.24. The summed E-state index contributed by atoms with van der Waals surface area (Å²) < 4.78 is 0. The lowest BCUT2D eigenvalue weighted by molar-refractivity contribution is 0.0949. The molecule has 146 valence electrons. The van der Waals surface area contributed by atoms with Crippen LogP contribution >= 0.6 is 23.4 Å². The van der Waals surface area contributed by atoms with Crippen molar-refractivity contribution in [1.82, 2.24) is 15.3 Å². The van der Waals surface area contributed by atoms with Gasteiger partial charge >= 0.3 is 0 Å². The molecule has 0 bridgehead atoms. The Morgan fingerprint density at radius 2 is 1.96 bits per heavy atom. The number of nitrogens with zero attached hydrogens (tertiary/aromatic N) is 3. The SMILES string of the molecule is CCCN(C)c1cc(Cl)nc(SCc2ccc(C(=O)NCC(C)C)cc2)n1. The number of nitrogens with one attached hydrogen (secondary N) is 1. The Bertz CT molecular complexity index is 752. The summed E-state index contributed by atoms with van der Waals surface area (Å²) in [6, 6.07) is 9.42. The molecule has 0 aliphatic rings. The largest absolute Gasteiger partial charge is 0.360 e. The van der Waals surface area contributed by atoms with Gasteiger partial charge in [-0.05, 0) is 30.0 Å². The van der Waals surface area contributed by atoms with Crippen LogP contribution < -0.4 is 10.2 Å². The summed E-state index contributed by atoms with van der Waals surface area (Å²) in [5, 5.41) is 4.02. The second-order valence-corrected chi connectivity index (χ2v) is 8.17. The second kappa shape index (κ2) is 10.5. The highest BCUT2D eigenvalue weighted by molar-refractivity contribution is 7.98. The van der Waals surface area contributed by atoms with Gasteiger partial charge in [0, 0.05) is 37.5 Å². The smallest absolute Gasteiger partial charge is 0.251 e. The number of anilines is 1. The van der Waals surface area contributed by atoms with E-state index >= 15 is 0 Å². The van der Waals surface area contributed by atoms with Crippen molar-refractivity contribution < 1.29 is 4.79 Å². The lowest BCUT2D eigenvalue weighted by atomic mass is 10.1. The average molecular weight is 407 g/mol. The predicted molar refractivity (Wildman–Crippen MR) is 114 cm³/mol. The molecular weight excluding hydrogens is 380 g/mol. The van der Waals surface area contributed by atoms with Crippen molar-refractivity contribution in [3.63, 3.8) is 0 Å². The molecule has 27 heavy (non-hydrogen) atoms. The van der Waals surface area contributed by atoms with E-state index < -0.39 is 0 Å². The molecule has 0 saturated heterocycles. The van der Waals surface area contributed by atoms with E-state index in [1.807, 2.05) is 31.3 Å². The molecule has 1 amide bonds. The summed E-state index contributed by atoms with van der Waals surface area (Å²) >= 11 is 7.68. The van der Waals surface area contributed by atoms with Crippen LogP contribution in [0.25, 0.3) is 0 Å². The van der Waals surface area contributed by atoms with Gasteiger partial charge in [-0.15, -0.1) is 0 Å². The number of rotatable bonds is 9. The number of amides is 1. The van der Waals surface area contributed by atoms with Gasteiger partial charge in [-0.25, -0.2) is 9.97 Å². The van der Waals surface area contributed by atoms with E-state index in [0.29, 0.717) is 34.1 Å². The summed E-state index contributed by atoms with van der Waals surface area (Å²) in [5.74, 6) is 1.94. The standard InChI is InChI=1S/C20H27ClN4OS/c1-5-10-25(4)18-11-17(21)23-20(24-18)27-13-15-6-8-16(9-7-15)19(26)22-12-14(2)3/h6-9,11,14H,5,10,12-13H2,1-4H3,(H,22,26). The first-order valence-electron chi connectivity index (χ1n) is 9.14. The van der Waals surface area contributed by atoms with Gasteiger partial charge in [0.25, 0.3) is 5.91 Å². The highest BCUT2D eigenvalue weighted by Gasteiger charge is 2.09. The van der Waals surface area contributed by atoms with Gasteiger partial charge < -0.3 is 10.2 Å². The van der Waals surface area contributed by atoms with E-state index in [4.69, 9.17) is 11.6 Å². The van der Waals surface area contributed by atoms with Crippen molar-refractivity contribution in [2.75, 3.05) is 25.0 Å². The zero-order chi connectivity index (χ0) is 19.8. The molecule has 5 nitrogen and oxygen atoms in total. The van der Waals surface area contributed by atoms with E-state index in [0.717, 1.165) is 24.3 Å². The van der Waals surface area contributed by atoms with Crippen molar-refractivity contribution in [3.05, 3.63) is 46.6 Å². The Labute approximate surface area is 170 Å². The molecule has 0 fully saturated rings. The Morgan fingerprint density at radius 1 is 1.26 bits per heavy atom. The first-order valence-corrected chi connectivity index (χ1v) is 10.5. The van der Waals surface area contributed by atoms with Crippen LogP contribution in [0.2, 0.25) is 5.15 Å². The first kappa shape index (κ1) is 21.5. The number of thioether (sulfide) groups is 1. The van der Waals surface area contributed by atoms with Gasteiger partial charge in [-0.1, -0.05) is 56.3 Å². The van der Waals surface area contributed by atoms with Crippen LogP contribution in [0, 0.1) is 5.92 Å². The molecule has 0 saturated carbocycles. The molecule has 1 aromatic carbocycles. The monoisotopic (exact) mass is 406 g/mol. The summed E-state index contributed by atoms with van der Waals surface area (Å²) in [5.41, 5.74) is 1.78. The number of aromatic nitrogens is 2. The normalized spacial score (nSPS) is 10.9. The van der Waals surface area contributed by atoms with Crippen LogP contribution in [0.5, 0.6) is 0 Å². The molecular formula is C20H27ClN4OS. The second-order valence-electron chi connectivity index (χ2n) is 6.84. The molecule has 0 aliphatic carbocycles. The Kier molecular flexibility index (Phi) is 8.38. The molecule has 7 heteroatoms. The molecule has 1 N–H and O–H groups in total. The quantitative estimate of drug-likeness (QED) is 0.373. The fourth-order valence-electron chi connectivity index (χ4n) is 2.39. The Morgan fingerprint density at radius 3 is 2.59 bits per heavy atom. The summed E-state index contributed by atoms with van der Waals surface area (Å²) in [7, 11) is 2.00. The maximum Gasteiger partial charge on any atom is 0.251 e. The van der Waals surface area contributed by atoms with E-state index in [1.54, 1.807) is 6.07 Å². The lowest BCUT2D eigenvalue weighted by Crippen LogP contribution is -2.27. The molecule has 0 spiro atoms. The van der Waals surface area contributed by atoms with Crippen molar-refractivity contribution in [2.45, 2.75) is 38.1 Å². The fourth-order valence-corrected chi connectivity index (χ4v) is 3.43. The van der Waals surface area contributed by atoms with Crippen molar-refractivity contribution in [2.24, 2.45) is 5.92 Å². The molecule has 0 radical (unpaired) electrons. The Hall–Kier alpha value is -1.79. The van der Waals surface area contributed by atoms with Crippen LogP contribution in [-0.4, -0.2) is 36.0 Å². The molecule has 0 unspecified atom stereocenters. The van der Waals surface area contributed by atoms with E-state index in [9.17, 15) is 4.79 Å². The molecule has 1 heterocycles. The molecule has 0 atom stereocenters. The minimum Gasteiger partial charge on any atom is -0.360 e. The maximum absolute atomic E-state index is 12.1. The van der Waals surface area contributed by atoms with E-state index in [2.05, 4.69) is 41.0 Å². The van der Waals surface area contributed by atoms with Crippen LogP contribution in [0.4, 0.5) is 5.82 Å². The topological polar surface area (TPSA) is 58.1 Å². The zero-order valence-corrected chi connectivity index (χ0v) is 17.9. The van der Waals surface area contributed by atoms with Crippen molar-refractivity contribution in [1.29, 1.82) is 0 Å². The average Bonchev–Trinajstić information content (AvgIpc) is 2.64. The number of carbonyl (C=O) groups is 1. The molecule has 2 rings (SSSR count). The maximum atomic E-state index is 12.1. The van der Waals surface area contributed by atoms with Gasteiger partial charge in [0.2, 0.25) is 0 Å². The molecule has 0 aliphatic heterocycles. The van der Waals surface area contributed by atoms with E-state index in [-0.39, 0.29) is 5.91 Å². The third-order valence-electron chi connectivity index (χ3n) is 3.87. The van der Waals surface area contributed by atoms with Gasteiger partial charge in [-0.3, -0.25) is 4.79 Å². The van der Waals surface area contributed by atoms with Gasteiger partial charge in [-0.2, -0.15) is 0 Å². The number of benzene rings is 1. The minimum atomic E-state index is -0.0373. The number of carbonyl (C=O) groups excluding carboxylic acids is 1. The van der Waals surface area contributed by atoms with Crippen molar-refractivity contribution in [3.8, 4) is 0 Å². The lowest BCUT2D eigenvalue weighted by Gasteiger charge is -2.17. The molecule has 1 aromatic heterocycles. The van der Waals surface area contributed by atoms with Gasteiger partial charge in [0.05, 0.1) is 0 Å². The van der Waals surface area contributed by atoms with Crippen LogP contribution in [0.15, 0.2) is 35.5 Å². The van der Waals surface area contributed by atoms with Gasteiger partial charge in [0.1, 0.15) is 11.0 Å². The Balaban J connectivity index is 1.97. The fraction of sp³-hybridized carbons (Fsp3) is 0.450. The van der Waals surface area contributed by atoms with E-state index in [1.165, 1.54) is 11.8 Å². The number of halogens is 1. The molecule has 2 aromatic rings. The first-order chi connectivity index (χ1) is 12.9.